The predicted octanol–water partition coefficient (Wildman–Crippen LogP) is 1.66. The van der Waals surface area contributed by atoms with E-state index in [9.17, 15) is 18.0 Å². The average molecular weight is 332 g/mol. The molecule has 5 nitrogen and oxygen atoms in total. The molecular formula is C13H15F3N4OS. The number of nitrogens with one attached hydrogen (secondary N) is 1. The van der Waals surface area contributed by atoms with Gasteiger partial charge in [0, 0.05) is 26.2 Å². The van der Waals surface area contributed by atoms with E-state index in [1.54, 1.807) is 6.07 Å². The first-order valence-electron chi connectivity index (χ1n) is 6.88. The molecule has 0 aliphatic carbocycles. The van der Waals surface area contributed by atoms with Crippen LogP contribution in [0.15, 0.2) is 16.2 Å². The molecule has 0 bridgehead atoms. The summed E-state index contributed by atoms with van der Waals surface area (Å²) in [5.41, 5.74) is 0.505. The summed E-state index contributed by atoms with van der Waals surface area (Å²) < 4.78 is 37.6. The van der Waals surface area contributed by atoms with Gasteiger partial charge in [-0.15, -0.1) is 11.3 Å². The Labute approximate surface area is 128 Å². The second-order valence-corrected chi connectivity index (χ2v) is 6.23. The van der Waals surface area contributed by atoms with Gasteiger partial charge >= 0.3 is 6.18 Å². The van der Waals surface area contributed by atoms with Gasteiger partial charge in [-0.3, -0.25) is 14.6 Å². The molecule has 0 aromatic carbocycles. The second kappa shape index (κ2) is 5.98. The van der Waals surface area contributed by atoms with Gasteiger partial charge in [0.15, 0.2) is 0 Å². The molecule has 3 heterocycles. The number of alkyl halides is 3. The largest absolute Gasteiger partial charge is 0.401 e. The normalized spacial score (nSPS) is 18.1. The summed E-state index contributed by atoms with van der Waals surface area (Å²) in [6.45, 7) is 1.37. The van der Waals surface area contributed by atoms with Crippen LogP contribution in [0.2, 0.25) is 0 Å². The van der Waals surface area contributed by atoms with Crippen LogP contribution in [0.25, 0.3) is 10.2 Å². The SMILES string of the molecule is O=c1[nH]c(CN2CCN(CC(F)(F)F)CC2)nc2ccsc12. The summed E-state index contributed by atoms with van der Waals surface area (Å²) in [4.78, 5) is 22.4. The molecule has 2 aromatic heterocycles. The van der Waals surface area contributed by atoms with Gasteiger partial charge in [-0.25, -0.2) is 4.98 Å². The molecule has 2 aromatic rings. The van der Waals surface area contributed by atoms with Crippen molar-refractivity contribution >= 4 is 21.6 Å². The summed E-state index contributed by atoms with van der Waals surface area (Å²) in [7, 11) is 0. The number of rotatable bonds is 3. The van der Waals surface area contributed by atoms with Crippen LogP contribution in [0.5, 0.6) is 0 Å². The van der Waals surface area contributed by atoms with Crippen LogP contribution < -0.4 is 5.56 Å². The summed E-state index contributed by atoms with van der Waals surface area (Å²) in [5.74, 6) is 0.556. The van der Waals surface area contributed by atoms with E-state index in [0.717, 1.165) is 0 Å². The fourth-order valence-electron chi connectivity index (χ4n) is 2.57. The Morgan fingerprint density at radius 3 is 2.59 bits per heavy atom. The minimum Gasteiger partial charge on any atom is -0.308 e. The Morgan fingerprint density at radius 2 is 1.91 bits per heavy atom. The van der Waals surface area contributed by atoms with Crippen LogP contribution in [0.4, 0.5) is 13.2 Å². The van der Waals surface area contributed by atoms with Crippen molar-refractivity contribution in [1.82, 2.24) is 19.8 Å². The third-order valence-corrected chi connectivity index (χ3v) is 4.51. The zero-order valence-electron chi connectivity index (χ0n) is 11.7. The highest BCUT2D eigenvalue weighted by Crippen LogP contribution is 2.18. The van der Waals surface area contributed by atoms with E-state index in [2.05, 4.69) is 9.97 Å². The smallest absolute Gasteiger partial charge is 0.308 e. The number of halogens is 3. The molecule has 9 heteroatoms. The fraction of sp³-hybridized carbons (Fsp3) is 0.538. The zero-order chi connectivity index (χ0) is 15.7. The number of hydrogen-bond acceptors (Lipinski definition) is 5. The number of thiophene rings is 1. The van der Waals surface area contributed by atoms with Crippen LogP contribution in [0.1, 0.15) is 5.82 Å². The minimum absolute atomic E-state index is 0.161. The second-order valence-electron chi connectivity index (χ2n) is 5.32. The highest BCUT2D eigenvalue weighted by molar-refractivity contribution is 7.17. The number of aromatic amines is 1. The molecule has 1 N–H and O–H groups in total. The number of aromatic nitrogens is 2. The van der Waals surface area contributed by atoms with Gasteiger partial charge < -0.3 is 4.98 Å². The van der Waals surface area contributed by atoms with Crippen molar-refractivity contribution in [3.8, 4) is 0 Å². The Hall–Kier alpha value is -1.45. The molecular weight excluding hydrogens is 317 g/mol. The number of H-pyrrole nitrogens is 1. The Kier molecular flexibility index (Phi) is 4.20. The number of hydrogen-bond donors (Lipinski definition) is 1. The lowest BCUT2D eigenvalue weighted by atomic mass is 10.3. The lowest BCUT2D eigenvalue weighted by molar-refractivity contribution is -0.149. The molecule has 1 aliphatic heterocycles. The third-order valence-electron chi connectivity index (χ3n) is 3.61. The molecule has 0 atom stereocenters. The maximum Gasteiger partial charge on any atom is 0.401 e. The van der Waals surface area contributed by atoms with Crippen molar-refractivity contribution in [2.24, 2.45) is 0 Å². The Bertz CT molecular complexity index is 703. The molecule has 1 aliphatic rings. The Balaban J connectivity index is 1.61. The third kappa shape index (κ3) is 3.65. The first kappa shape index (κ1) is 15.4. The fourth-order valence-corrected chi connectivity index (χ4v) is 3.29. The lowest BCUT2D eigenvalue weighted by Gasteiger charge is -2.34. The van der Waals surface area contributed by atoms with Crippen LogP contribution in [-0.2, 0) is 6.54 Å². The van der Waals surface area contributed by atoms with Crippen LogP contribution >= 0.6 is 11.3 Å². The van der Waals surface area contributed by atoms with Crippen LogP contribution in [0.3, 0.4) is 0 Å². The topological polar surface area (TPSA) is 52.2 Å². The van der Waals surface area contributed by atoms with Gasteiger partial charge in [-0.1, -0.05) is 0 Å². The van der Waals surface area contributed by atoms with Crippen molar-refractivity contribution in [2.75, 3.05) is 32.7 Å². The van der Waals surface area contributed by atoms with E-state index in [0.29, 0.717) is 48.8 Å². The van der Waals surface area contributed by atoms with E-state index in [1.807, 2.05) is 10.3 Å². The first-order valence-corrected chi connectivity index (χ1v) is 7.76. The predicted molar refractivity (Wildman–Crippen MR) is 78.0 cm³/mol. The van der Waals surface area contributed by atoms with Crippen molar-refractivity contribution in [2.45, 2.75) is 12.7 Å². The minimum atomic E-state index is -4.15. The number of piperazine rings is 1. The van der Waals surface area contributed by atoms with Gasteiger partial charge in [-0.2, -0.15) is 13.2 Å². The van der Waals surface area contributed by atoms with E-state index in [1.165, 1.54) is 16.2 Å². The standard InChI is InChI=1S/C13H15F3N4OS/c14-13(15,16)8-20-4-2-19(3-5-20)7-10-17-9-1-6-22-11(9)12(21)18-10/h1,6H,2-5,7-8H2,(H,17,18,21). The maximum atomic E-state index is 12.3. The van der Waals surface area contributed by atoms with Gasteiger partial charge in [-0.05, 0) is 11.4 Å². The first-order chi connectivity index (χ1) is 10.4. The summed E-state index contributed by atoms with van der Waals surface area (Å²) >= 11 is 1.34. The molecule has 22 heavy (non-hydrogen) atoms. The van der Waals surface area contributed by atoms with Crippen molar-refractivity contribution in [3.05, 3.63) is 27.6 Å². The highest BCUT2D eigenvalue weighted by Gasteiger charge is 2.32. The number of fused-ring (bicyclic) bond motifs is 1. The summed E-state index contributed by atoms with van der Waals surface area (Å²) in [6.07, 6.45) is -4.15. The summed E-state index contributed by atoms with van der Waals surface area (Å²) in [6, 6.07) is 1.79. The van der Waals surface area contributed by atoms with E-state index in [4.69, 9.17) is 0 Å². The molecule has 0 spiro atoms. The molecule has 0 saturated carbocycles. The molecule has 0 unspecified atom stereocenters. The summed E-state index contributed by atoms with van der Waals surface area (Å²) in [5, 5.41) is 1.81. The van der Waals surface area contributed by atoms with Crippen molar-refractivity contribution in [1.29, 1.82) is 0 Å². The maximum absolute atomic E-state index is 12.3. The van der Waals surface area contributed by atoms with E-state index >= 15 is 0 Å². The van der Waals surface area contributed by atoms with Gasteiger partial charge in [0.1, 0.15) is 10.5 Å². The van der Waals surface area contributed by atoms with Gasteiger partial charge in [0.05, 0.1) is 18.6 Å². The molecule has 1 saturated heterocycles. The van der Waals surface area contributed by atoms with E-state index in [-0.39, 0.29) is 5.56 Å². The highest BCUT2D eigenvalue weighted by atomic mass is 32.1. The molecule has 120 valence electrons. The zero-order valence-corrected chi connectivity index (χ0v) is 12.5. The number of nitrogens with zero attached hydrogens (tertiary/aromatic N) is 3. The van der Waals surface area contributed by atoms with Gasteiger partial charge in [0.2, 0.25) is 0 Å². The molecule has 1 fully saturated rings. The Morgan fingerprint density at radius 1 is 1.23 bits per heavy atom. The monoisotopic (exact) mass is 332 g/mol. The average Bonchev–Trinajstić information content (AvgIpc) is 2.88. The quantitative estimate of drug-likeness (QED) is 0.929. The molecule has 0 amide bonds. The van der Waals surface area contributed by atoms with Crippen LogP contribution in [-0.4, -0.2) is 58.7 Å². The lowest BCUT2D eigenvalue weighted by Crippen LogP contribution is -2.48. The van der Waals surface area contributed by atoms with Crippen molar-refractivity contribution in [3.63, 3.8) is 0 Å². The molecule has 3 rings (SSSR count). The van der Waals surface area contributed by atoms with E-state index < -0.39 is 12.7 Å². The van der Waals surface area contributed by atoms with Crippen molar-refractivity contribution < 1.29 is 13.2 Å². The van der Waals surface area contributed by atoms with Crippen LogP contribution in [0, 0.1) is 0 Å². The molecule has 0 radical (unpaired) electrons. The van der Waals surface area contributed by atoms with Gasteiger partial charge in [0.25, 0.3) is 5.56 Å².